The number of rotatable bonds is 4. The molecule has 2 N–H and O–H groups in total. The van der Waals surface area contributed by atoms with Gasteiger partial charge in [0.25, 0.3) is 0 Å². The van der Waals surface area contributed by atoms with Gasteiger partial charge in [-0.2, -0.15) is 0 Å². The summed E-state index contributed by atoms with van der Waals surface area (Å²) in [6.07, 6.45) is 3.80. The number of nitrogens with zero attached hydrogens (tertiary/aromatic N) is 1. The minimum absolute atomic E-state index is 0.181. The lowest BCUT2D eigenvalue weighted by Gasteiger charge is -2.38. The zero-order valence-electron chi connectivity index (χ0n) is 11.4. The number of hydrogen-bond acceptors (Lipinski definition) is 2. The topological polar surface area (TPSA) is 29.3 Å². The Balaban J connectivity index is 2.21. The van der Waals surface area contributed by atoms with E-state index >= 15 is 0 Å². The Labute approximate surface area is 125 Å². The molecule has 0 radical (unpaired) electrons. The molecule has 1 saturated heterocycles. The van der Waals surface area contributed by atoms with Crippen LogP contribution in [0.2, 0.25) is 10.0 Å². The summed E-state index contributed by atoms with van der Waals surface area (Å²) in [6.45, 7) is 5.05. The first kappa shape index (κ1) is 15.1. The molecule has 19 heavy (non-hydrogen) atoms. The molecule has 1 heterocycles. The third-order valence-corrected chi connectivity index (χ3v) is 4.69. The summed E-state index contributed by atoms with van der Waals surface area (Å²) < 4.78 is 0. The maximum absolute atomic E-state index is 6.32. The quantitative estimate of drug-likeness (QED) is 0.906. The molecule has 0 bridgehead atoms. The maximum Gasteiger partial charge on any atom is 0.0485 e. The van der Waals surface area contributed by atoms with Crippen LogP contribution in [0.3, 0.4) is 0 Å². The number of benzene rings is 1. The van der Waals surface area contributed by atoms with Gasteiger partial charge in [0.05, 0.1) is 0 Å². The first-order chi connectivity index (χ1) is 9.15. The second-order valence-electron chi connectivity index (χ2n) is 5.33. The van der Waals surface area contributed by atoms with Crippen LogP contribution >= 0.6 is 23.2 Å². The van der Waals surface area contributed by atoms with Crippen LogP contribution in [0, 0.1) is 5.92 Å². The fraction of sp³-hybridized carbons (Fsp3) is 0.600. The van der Waals surface area contributed by atoms with E-state index in [9.17, 15) is 0 Å². The Morgan fingerprint density at radius 1 is 1.42 bits per heavy atom. The van der Waals surface area contributed by atoms with E-state index in [4.69, 9.17) is 28.9 Å². The van der Waals surface area contributed by atoms with E-state index in [1.165, 1.54) is 19.3 Å². The van der Waals surface area contributed by atoms with Crippen LogP contribution < -0.4 is 5.73 Å². The van der Waals surface area contributed by atoms with E-state index < -0.39 is 0 Å². The Kier molecular flexibility index (Phi) is 5.52. The van der Waals surface area contributed by atoms with Gasteiger partial charge in [-0.25, -0.2) is 0 Å². The van der Waals surface area contributed by atoms with Crippen molar-refractivity contribution < 1.29 is 0 Å². The van der Waals surface area contributed by atoms with Crippen molar-refractivity contribution in [1.82, 2.24) is 4.90 Å². The number of halogens is 2. The standard InChI is InChI=1S/C15H22Cl2N2/c1-2-11-4-3-7-19(10-11)15(9-18)13-8-12(16)5-6-14(13)17/h5-6,8,11,15H,2-4,7,9-10,18H2,1H3. The van der Waals surface area contributed by atoms with Crippen molar-refractivity contribution >= 4 is 23.2 Å². The van der Waals surface area contributed by atoms with Crippen LogP contribution in [0.25, 0.3) is 0 Å². The van der Waals surface area contributed by atoms with E-state index in [0.717, 1.165) is 34.6 Å². The summed E-state index contributed by atoms with van der Waals surface area (Å²) >= 11 is 12.4. The largest absolute Gasteiger partial charge is 0.329 e. The van der Waals surface area contributed by atoms with E-state index in [1.54, 1.807) is 0 Å². The minimum atomic E-state index is 0.181. The van der Waals surface area contributed by atoms with Crippen LogP contribution in [-0.2, 0) is 0 Å². The van der Waals surface area contributed by atoms with Gasteiger partial charge in [0.1, 0.15) is 0 Å². The second-order valence-corrected chi connectivity index (χ2v) is 6.17. The monoisotopic (exact) mass is 300 g/mol. The van der Waals surface area contributed by atoms with Crippen LogP contribution in [0.5, 0.6) is 0 Å². The third kappa shape index (κ3) is 3.63. The van der Waals surface area contributed by atoms with Gasteiger partial charge in [-0.3, -0.25) is 4.90 Å². The maximum atomic E-state index is 6.32. The van der Waals surface area contributed by atoms with Crippen molar-refractivity contribution in [2.75, 3.05) is 19.6 Å². The van der Waals surface area contributed by atoms with Crippen molar-refractivity contribution in [1.29, 1.82) is 0 Å². The molecule has 0 aliphatic carbocycles. The molecular weight excluding hydrogens is 279 g/mol. The highest BCUT2D eigenvalue weighted by atomic mass is 35.5. The van der Waals surface area contributed by atoms with Crippen molar-refractivity contribution in [3.05, 3.63) is 33.8 Å². The Morgan fingerprint density at radius 3 is 2.89 bits per heavy atom. The van der Waals surface area contributed by atoms with Gasteiger partial charge in [0, 0.05) is 29.2 Å². The predicted molar refractivity (Wildman–Crippen MR) is 82.8 cm³/mol. The van der Waals surface area contributed by atoms with Crippen LogP contribution in [0.1, 0.15) is 37.8 Å². The molecule has 2 rings (SSSR count). The molecule has 0 spiro atoms. The van der Waals surface area contributed by atoms with Gasteiger partial charge in [0.15, 0.2) is 0 Å². The number of hydrogen-bond donors (Lipinski definition) is 1. The second kappa shape index (κ2) is 6.94. The summed E-state index contributed by atoms with van der Waals surface area (Å²) in [6, 6.07) is 5.83. The molecule has 4 heteroatoms. The van der Waals surface area contributed by atoms with Gasteiger partial charge < -0.3 is 5.73 Å². The Bertz CT molecular complexity index is 423. The lowest BCUT2D eigenvalue weighted by molar-refractivity contribution is 0.124. The van der Waals surface area contributed by atoms with Gasteiger partial charge in [-0.05, 0) is 49.1 Å². The molecule has 1 aliphatic rings. The molecule has 2 atom stereocenters. The molecular formula is C15H22Cl2N2. The summed E-state index contributed by atoms with van der Waals surface area (Å²) in [5.41, 5.74) is 7.06. The summed E-state index contributed by atoms with van der Waals surface area (Å²) in [7, 11) is 0. The lowest BCUT2D eigenvalue weighted by atomic mass is 9.93. The SMILES string of the molecule is CCC1CCCN(C(CN)c2cc(Cl)ccc2Cl)C1. The third-order valence-electron chi connectivity index (χ3n) is 4.11. The average Bonchev–Trinajstić information content (AvgIpc) is 2.44. The Hall–Kier alpha value is -0.280. The van der Waals surface area contributed by atoms with E-state index in [0.29, 0.717) is 6.54 Å². The van der Waals surface area contributed by atoms with Gasteiger partial charge in [-0.1, -0.05) is 36.5 Å². The molecule has 2 nitrogen and oxygen atoms in total. The molecule has 1 aromatic carbocycles. The van der Waals surface area contributed by atoms with Crippen LogP contribution in [0.4, 0.5) is 0 Å². The van der Waals surface area contributed by atoms with Gasteiger partial charge >= 0.3 is 0 Å². The zero-order chi connectivity index (χ0) is 13.8. The van der Waals surface area contributed by atoms with Crippen molar-refractivity contribution in [3.63, 3.8) is 0 Å². The number of likely N-dealkylation sites (tertiary alicyclic amines) is 1. The van der Waals surface area contributed by atoms with Crippen molar-refractivity contribution in [2.24, 2.45) is 11.7 Å². The Morgan fingerprint density at radius 2 is 2.21 bits per heavy atom. The predicted octanol–water partition coefficient (Wildman–Crippen LogP) is 4.12. The van der Waals surface area contributed by atoms with E-state index in [1.807, 2.05) is 18.2 Å². The molecule has 0 aromatic heterocycles. The highest BCUT2D eigenvalue weighted by molar-refractivity contribution is 6.33. The minimum Gasteiger partial charge on any atom is -0.329 e. The number of piperidine rings is 1. The summed E-state index contributed by atoms with van der Waals surface area (Å²) in [5, 5.41) is 1.49. The fourth-order valence-electron chi connectivity index (χ4n) is 2.96. The van der Waals surface area contributed by atoms with E-state index in [2.05, 4.69) is 11.8 Å². The zero-order valence-corrected chi connectivity index (χ0v) is 12.9. The normalized spacial score (nSPS) is 22.4. The molecule has 1 aliphatic heterocycles. The molecule has 106 valence electrons. The summed E-state index contributed by atoms with van der Waals surface area (Å²) in [4.78, 5) is 2.47. The average molecular weight is 301 g/mol. The molecule has 0 saturated carbocycles. The van der Waals surface area contributed by atoms with Crippen molar-refractivity contribution in [2.45, 2.75) is 32.2 Å². The highest BCUT2D eigenvalue weighted by Crippen LogP contribution is 2.32. The molecule has 1 fully saturated rings. The first-order valence-electron chi connectivity index (χ1n) is 7.04. The fourth-order valence-corrected chi connectivity index (χ4v) is 3.38. The molecule has 1 aromatic rings. The first-order valence-corrected chi connectivity index (χ1v) is 7.80. The smallest absolute Gasteiger partial charge is 0.0485 e. The van der Waals surface area contributed by atoms with Gasteiger partial charge in [-0.15, -0.1) is 0 Å². The van der Waals surface area contributed by atoms with Crippen LogP contribution in [-0.4, -0.2) is 24.5 Å². The number of nitrogens with two attached hydrogens (primary N) is 1. The van der Waals surface area contributed by atoms with Crippen molar-refractivity contribution in [3.8, 4) is 0 Å². The summed E-state index contributed by atoms with van der Waals surface area (Å²) in [5.74, 6) is 0.778. The lowest BCUT2D eigenvalue weighted by Crippen LogP contribution is -2.41. The molecule has 2 unspecified atom stereocenters. The van der Waals surface area contributed by atoms with Gasteiger partial charge in [0.2, 0.25) is 0 Å². The molecule has 0 amide bonds. The van der Waals surface area contributed by atoms with E-state index in [-0.39, 0.29) is 6.04 Å². The van der Waals surface area contributed by atoms with Crippen LogP contribution in [0.15, 0.2) is 18.2 Å². The highest BCUT2D eigenvalue weighted by Gasteiger charge is 2.26.